The normalized spacial score (nSPS) is 16.0. The Morgan fingerprint density at radius 2 is 2.17 bits per heavy atom. The minimum atomic E-state index is -0.125. The Morgan fingerprint density at radius 1 is 1.46 bits per heavy atom. The van der Waals surface area contributed by atoms with Gasteiger partial charge in [-0.1, -0.05) is 34.6 Å². The van der Waals surface area contributed by atoms with Gasteiger partial charge in [-0.3, -0.25) is 14.2 Å². The Morgan fingerprint density at radius 3 is 2.88 bits per heavy atom. The summed E-state index contributed by atoms with van der Waals surface area (Å²) in [4.78, 5) is 29.8. The van der Waals surface area contributed by atoms with Crippen molar-refractivity contribution in [3.63, 3.8) is 0 Å². The molecule has 1 N–H and O–H groups in total. The number of anilines is 1. The van der Waals surface area contributed by atoms with E-state index in [2.05, 4.69) is 33.2 Å². The van der Waals surface area contributed by atoms with Gasteiger partial charge in [-0.15, -0.1) is 11.8 Å². The summed E-state index contributed by atoms with van der Waals surface area (Å²) >= 11 is 6.22. The number of hydrogen-bond acceptors (Lipinski definition) is 5. The first-order valence-electron chi connectivity index (χ1n) is 7.39. The molecule has 1 aliphatic heterocycles. The molecule has 0 unspecified atom stereocenters. The summed E-state index contributed by atoms with van der Waals surface area (Å²) in [6.45, 7) is 2.09. The smallest absolute Gasteiger partial charge is 0.267 e. The topological polar surface area (TPSA) is 64.0 Å². The molecule has 1 aromatic carbocycles. The molecule has 5 nitrogen and oxygen atoms in total. The number of nitrogens with one attached hydrogen (secondary N) is 1. The molecule has 24 heavy (non-hydrogen) atoms. The number of halogens is 1. The van der Waals surface area contributed by atoms with E-state index in [9.17, 15) is 9.59 Å². The second-order valence-corrected chi connectivity index (χ2v) is 8.82. The molecular formula is C16H16BrN3O2S2. The van der Waals surface area contributed by atoms with Gasteiger partial charge >= 0.3 is 0 Å². The van der Waals surface area contributed by atoms with Gasteiger partial charge in [-0.2, -0.15) is 0 Å². The quantitative estimate of drug-likeness (QED) is 0.601. The van der Waals surface area contributed by atoms with Gasteiger partial charge in [0.2, 0.25) is 5.91 Å². The molecule has 1 aromatic heterocycles. The Bertz CT molecular complexity index is 836. The number of amides is 1. The molecular weight excluding hydrogens is 410 g/mol. The van der Waals surface area contributed by atoms with E-state index >= 15 is 0 Å². The molecule has 1 atom stereocenters. The number of carbonyl (C=O) groups excluding carboxylic acids is 1. The predicted octanol–water partition coefficient (Wildman–Crippen LogP) is 3.31. The maximum atomic E-state index is 12.4. The number of thioether (sulfide) groups is 2. The summed E-state index contributed by atoms with van der Waals surface area (Å²) in [6.07, 6.45) is 0.800. The molecule has 0 saturated carbocycles. The van der Waals surface area contributed by atoms with Crippen molar-refractivity contribution in [3.8, 4) is 0 Å². The lowest BCUT2D eigenvalue weighted by Gasteiger charge is -2.09. The van der Waals surface area contributed by atoms with Crippen LogP contribution in [0.1, 0.15) is 12.6 Å². The van der Waals surface area contributed by atoms with E-state index in [0.29, 0.717) is 10.4 Å². The van der Waals surface area contributed by atoms with Gasteiger partial charge in [0.05, 0.1) is 16.3 Å². The molecule has 2 heterocycles. The van der Waals surface area contributed by atoms with Crippen molar-refractivity contribution in [2.45, 2.75) is 28.6 Å². The van der Waals surface area contributed by atoms with Crippen LogP contribution in [0.15, 0.2) is 43.6 Å². The molecule has 0 spiro atoms. The van der Waals surface area contributed by atoms with E-state index in [1.165, 1.54) is 16.3 Å². The molecule has 0 aliphatic carbocycles. The number of hydrogen-bond donors (Lipinski definition) is 1. The summed E-state index contributed by atoms with van der Waals surface area (Å²) < 4.78 is 2.49. The first kappa shape index (κ1) is 17.6. The number of aromatic nitrogens is 2. The van der Waals surface area contributed by atoms with Crippen molar-refractivity contribution < 1.29 is 4.79 Å². The molecule has 1 amide bonds. The SMILES string of the molecule is C[C@H]1Cc2nc(SCC(=O)Nc3ccc(Br)cc3)n(C)c(=O)c2S1. The standard InChI is InChI=1S/C16H16BrN3O2S2/c1-9-7-12-14(24-9)15(22)20(2)16(19-12)23-8-13(21)18-11-5-3-10(17)4-6-11/h3-6,9H,7-8H2,1-2H3,(H,18,21)/t9-/m0/s1. The summed E-state index contributed by atoms with van der Waals surface area (Å²) in [5.74, 6) is 0.0810. The fraction of sp³-hybridized carbons (Fsp3) is 0.312. The lowest BCUT2D eigenvalue weighted by atomic mass is 10.2. The third kappa shape index (κ3) is 3.87. The monoisotopic (exact) mass is 425 g/mol. The highest BCUT2D eigenvalue weighted by Gasteiger charge is 2.25. The number of carbonyl (C=O) groups is 1. The van der Waals surface area contributed by atoms with Crippen molar-refractivity contribution in [1.82, 2.24) is 9.55 Å². The van der Waals surface area contributed by atoms with E-state index in [0.717, 1.165) is 27.2 Å². The van der Waals surface area contributed by atoms with Gasteiger partial charge in [0.25, 0.3) is 5.56 Å². The third-order valence-electron chi connectivity index (χ3n) is 3.54. The third-order valence-corrected chi connectivity index (χ3v) is 6.31. The summed E-state index contributed by atoms with van der Waals surface area (Å²) in [6, 6.07) is 7.39. The molecule has 126 valence electrons. The van der Waals surface area contributed by atoms with Crippen LogP contribution >= 0.6 is 39.5 Å². The lowest BCUT2D eigenvalue weighted by molar-refractivity contribution is -0.113. The number of benzene rings is 1. The largest absolute Gasteiger partial charge is 0.325 e. The predicted molar refractivity (Wildman–Crippen MR) is 102 cm³/mol. The highest BCUT2D eigenvalue weighted by atomic mass is 79.9. The van der Waals surface area contributed by atoms with Crippen molar-refractivity contribution in [3.05, 3.63) is 44.8 Å². The molecule has 0 bridgehead atoms. The maximum absolute atomic E-state index is 12.4. The lowest BCUT2D eigenvalue weighted by Crippen LogP contribution is -2.23. The van der Waals surface area contributed by atoms with Crippen molar-refractivity contribution in [2.24, 2.45) is 7.05 Å². The molecule has 1 aliphatic rings. The summed E-state index contributed by atoms with van der Waals surface area (Å²) in [5, 5.41) is 3.79. The first-order chi connectivity index (χ1) is 11.4. The van der Waals surface area contributed by atoms with Crippen LogP contribution in [-0.2, 0) is 18.3 Å². The molecule has 0 saturated heterocycles. The van der Waals surface area contributed by atoms with Crippen molar-refractivity contribution in [1.29, 1.82) is 0 Å². The van der Waals surface area contributed by atoms with E-state index in [4.69, 9.17) is 0 Å². The van der Waals surface area contributed by atoms with E-state index in [1.807, 2.05) is 24.3 Å². The molecule has 3 rings (SSSR count). The van der Waals surface area contributed by atoms with Gasteiger partial charge in [0.15, 0.2) is 5.16 Å². The van der Waals surface area contributed by atoms with Crippen LogP contribution in [0.4, 0.5) is 5.69 Å². The summed E-state index contributed by atoms with van der Waals surface area (Å²) in [5.41, 5.74) is 1.57. The maximum Gasteiger partial charge on any atom is 0.267 e. The minimum Gasteiger partial charge on any atom is -0.325 e. The van der Waals surface area contributed by atoms with Gasteiger partial charge in [0, 0.05) is 28.9 Å². The fourth-order valence-electron chi connectivity index (χ4n) is 2.37. The van der Waals surface area contributed by atoms with Crippen molar-refractivity contribution >= 4 is 51.0 Å². The number of fused-ring (bicyclic) bond motifs is 1. The van der Waals surface area contributed by atoms with Gasteiger partial charge in [-0.25, -0.2) is 4.98 Å². The van der Waals surface area contributed by atoms with Crippen LogP contribution in [0, 0.1) is 0 Å². The van der Waals surface area contributed by atoms with Crippen molar-refractivity contribution in [2.75, 3.05) is 11.1 Å². The second-order valence-electron chi connectivity index (χ2n) is 5.51. The molecule has 0 fully saturated rings. The highest BCUT2D eigenvalue weighted by Crippen LogP contribution is 2.33. The zero-order valence-electron chi connectivity index (χ0n) is 13.2. The second kappa shape index (κ2) is 7.33. The Hall–Kier alpha value is -1.25. The van der Waals surface area contributed by atoms with E-state index in [1.54, 1.807) is 18.8 Å². The van der Waals surface area contributed by atoms with E-state index in [-0.39, 0.29) is 17.2 Å². The average Bonchev–Trinajstić information content (AvgIpc) is 2.92. The van der Waals surface area contributed by atoms with Crippen LogP contribution in [0.3, 0.4) is 0 Å². The van der Waals surface area contributed by atoms with Crippen LogP contribution in [-0.4, -0.2) is 26.5 Å². The van der Waals surface area contributed by atoms with Gasteiger partial charge in [-0.05, 0) is 24.3 Å². The van der Waals surface area contributed by atoms with Crippen LogP contribution < -0.4 is 10.9 Å². The Balaban J connectivity index is 1.68. The van der Waals surface area contributed by atoms with Crippen LogP contribution in [0.5, 0.6) is 0 Å². The van der Waals surface area contributed by atoms with Crippen LogP contribution in [0.2, 0.25) is 0 Å². The number of nitrogens with zero attached hydrogens (tertiary/aromatic N) is 2. The molecule has 2 aromatic rings. The molecule has 8 heteroatoms. The van der Waals surface area contributed by atoms with Crippen LogP contribution in [0.25, 0.3) is 0 Å². The average molecular weight is 426 g/mol. The highest BCUT2D eigenvalue weighted by molar-refractivity contribution is 9.10. The summed E-state index contributed by atoms with van der Waals surface area (Å²) in [7, 11) is 1.70. The minimum absolute atomic E-state index is 0.0230. The zero-order valence-corrected chi connectivity index (χ0v) is 16.4. The van der Waals surface area contributed by atoms with E-state index < -0.39 is 0 Å². The molecule has 0 radical (unpaired) electrons. The Kier molecular flexibility index (Phi) is 5.36. The first-order valence-corrected chi connectivity index (χ1v) is 10.0. The fourth-order valence-corrected chi connectivity index (χ4v) is 4.56. The number of rotatable bonds is 4. The zero-order chi connectivity index (χ0) is 17.3. The van der Waals surface area contributed by atoms with Gasteiger partial charge < -0.3 is 5.32 Å². The Labute approximate surface area is 156 Å². The van der Waals surface area contributed by atoms with Gasteiger partial charge in [0.1, 0.15) is 0 Å².